The summed E-state index contributed by atoms with van der Waals surface area (Å²) in [7, 11) is 1.66. The number of hydrogen-bond acceptors (Lipinski definition) is 6. The summed E-state index contributed by atoms with van der Waals surface area (Å²) < 4.78 is 17.5. The first-order chi connectivity index (χ1) is 16.0. The van der Waals surface area contributed by atoms with Gasteiger partial charge in [-0.3, -0.25) is 27.8 Å². The Morgan fingerprint density at radius 1 is 1.09 bits per heavy atom. The quantitative estimate of drug-likeness (QED) is 0.437. The highest BCUT2D eigenvalue weighted by molar-refractivity contribution is 5.76. The number of ether oxygens (including phenoxy) is 2. The average Bonchev–Trinajstić information content (AvgIpc) is 3.34. The van der Waals surface area contributed by atoms with Gasteiger partial charge in [-0.1, -0.05) is 0 Å². The highest BCUT2D eigenvalue weighted by atomic mass is 16.5. The van der Waals surface area contributed by atoms with Gasteiger partial charge in [-0.05, 0) is 38.1 Å². The van der Waals surface area contributed by atoms with E-state index < -0.39 is 0 Å². The summed E-state index contributed by atoms with van der Waals surface area (Å²) in [5.74, 6) is 1.38. The van der Waals surface area contributed by atoms with Crippen molar-refractivity contribution in [3.05, 3.63) is 57.0 Å². The first kappa shape index (κ1) is 21.5. The summed E-state index contributed by atoms with van der Waals surface area (Å²) in [6, 6.07) is 7.73. The van der Waals surface area contributed by atoms with Gasteiger partial charge in [-0.25, -0.2) is 4.79 Å². The molecule has 10 heteroatoms. The first-order valence-electron chi connectivity index (χ1n) is 11.2. The molecule has 1 aliphatic rings. The number of nitrogens with zero attached hydrogens (tertiary/aromatic N) is 6. The van der Waals surface area contributed by atoms with Crippen LogP contribution >= 0.6 is 0 Å². The minimum Gasteiger partial charge on any atom is -0.494 e. The van der Waals surface area contributed by atoms with Gasteiger partial charge in [0.2, 0.25) is 5.78 Å². The van der Waals surface area contributed by atoms with E-state index in [1.165, 1.54) is 9.13 Å². The highest BCUT2D eigenvalue weighted by Gasteiger charge is 2.21. The average molecular weight is 453 g/mol. The largest absolute Gasteiger partial charge is 0.494 e. The molecular weight excluding hydrogens is 424 g/mol. The zero-order valence-electron chi connectivity index (χ0n) is 19.2. The normalized spacial score (nSPS) is 15.0. The van der Waals surface area contributed by atoms with Crippen molar-refractivity contribution in [2.75, 3.05) is 39.5 Å². The van der Waals surface area contributed by atoms with Gasteiger partial charge >= 0.3 is 5.69 Å². The van der Waals surface area contributed by atoms with Crippen molar-refractivity contribution in [1.82, 2.24) is 28.0 Å². The van der Waals surface area contributed by atoms with Crippen LogP contribution in [-0.2, 0) is 18.3 Å². The number of hydrogen-bond donors (Lipinski definition) is 0. The number of aryl methyl sites for hydroxylation is 2. The molecule has 4 heterocycles. The van der Waals surface area contributed by atoms with Crippen LogP contribution in [0.1, 0.15) is 12.6 Å². The molecule has 0 atom stereocenters. The van der Waals surface area contributed by atoms with Crippen molar-refractivity contribution >= 4 is 16.9 Å². The zero-order valence-corrected chi connectivity index (χ0v) is 19.2. The first-order valence-corrected chi connectivity index (χ1v) is 11.2. The van der Waals surface area contributed by atoms with Gasteiger partial charge < -0.3 is 9.47 Å². The molecule has 33 heavy (non-hydrogen) atoms. The van der Waals surface area contributed by atoms with Crippen molar-refractivity contribution in [2.24, 2.45) is 7.05 Å². The third kappa shape index (κ3) is 3.65. The summed E-state index contributed by atoms with van der Waals surface area (Å²) in [6.07, 6.45) is 1.89. The van der Waals surface area contributed by atoms with Crippen LogP contribution in [0, 0.1) is 6.92 Å². The Morgan fingerprint density at radius 2 is 1.82 bits per heavy atom. The van der Waals surface area contributed by atoms with E-state index in [0.717, 1.165) is 30.2 Å². The van der Waals surface area contributed by atoms with Crippen LogP contribution in [0.15, 0.2) is 40.1 Å². The molecule has 0 radical (unpaired) electrons. The van der Waals surface area contributed by atoms with Crippen molar-refractivity contribution in [3.8, 4) is 11.4 Å². The molecule has 0 aliphatic carbocycles. The summed E-state index contributed by atoms with van der Waals surface area (Å²) in [5, 5.41) is 0. The molecule has 0 spiro atoms. The van der Waals surface area contributed by atoms with E-state index in [4.69, 9.17) is 14.5 Å². The van der Waals surface area contributed by atoms with E-state index in [2.05, 4.69) is 4.90 Å². The van der Waals surface area contributed by atoms with E-state index in [-0.39, 0.29) is 11.2 Å². The molecule has 4 aromatic rings. The third-order valence-electron chi connectivity index (χ3n) is 6.18. The number of imidazole rings is 2. The molecule has 174 valence electrons. The van der Waals surface area contributed by atoms with Crippen LogP contribution < -0.4 is 16.0 Å². The standard InChI is InChI=1S/C23H28N6O4/c1-4-33-18-7-5-17(6-8-18)29-16(2)15-28-19-20(24-22(28)29)25(3)23(31)27(21(19)30)10-9-26-11-13-32-14-12-26/h5-8,15H,4,9-14H2,1-3H3. The molecule has 1 saturated heterocycles. The fourth-order valence-corrected chi connectivity index (χ4v) is 4.45. The number of morpholine rings is 1. The van der Waals surface area contributed by atoms with Gasteiger partial charge in [0.25, 0.3) is 5.56 Å². The minimum absolute atomic E-state index is 0.322. The van der Waals surface area contributed by atoms with E-state index in [9.17, 15) is 9.59 Å². The topological polar surface area (TPSA) is 87.9 Å². The van der Waals surface area contributed by atoms with Crippen molar-refractivity contribution < 1.29 is 9.47 Å². The molecule has 1 fully saturated rings. The Hall–Kier alpha value is -3.37. The molecule has 0 saturated carbocycles. The van der Waals surface area contributed by atoms with Gasteiger partial charge in [0.1, 0.15) is 5.75 Å². The Bertz CT molecular complexity index is 1420. The monoisotopic (exact) mass is 452 g/mol. The molecule has 5 rings (SSSR count). The predicted molar refractivity (Wildman–Crippen MR) is 125 cm³/mol. The molecule has 1 aromatic carbocycles. The molecule has 0 unspecified atom stereocenters. The lowest BCUT2D eigenvalue weighted by molar-refractivity contribution is 0.0361. The van der Waals surface area contributed by atoms with E-state index >= 15 is 0 Å². The van der Waals surface area contributed by atoms with Crippen LogP contribution in [0.5, 0.6) is 5.75 Å². The van der Waals surface area contributed by atoms with Gasteiger partial charge in [0, 0.05) is 50.8 Å². The maximum Gasteiger partial charge on any atom is 0.332 e. The molecule has 10 nitrogen and oxygen atoms in total. The van der Waals surface area contributed by atoms with Crippen LogP contribution in [0.25, 0.3) is 22.6 Å². The summed E-state index contributed by atoms with van der Waals surface area (Å²) in [6.45, 7) is 8.42. The zero-order chi connectivity index (χ0) is 23.1. The van der Waals surface area contributed by atoms with Crippen molar-refractivity contribution in [3.63, 3.8) is 0 Å². The second kappa shape index (κ2) is 8.53. The number of rotatable bonds is 6. The minimum atomic E-state index is -0.356. The Labute approximate surface area is 190 Å². The van der Waals surface area contributed by atoms with Crippen molar-refractivity contribution in [1.29, 1.82) is 0 Å². The number of fused-ring (bicyclic) bond motifs is 3. The molecule has 0 amide bonds. The lowest BCUT2D eigenvalue weighted by atomic mass is 10.3. The second-order valence-electron chi connectivity index (χ2n) is 8.24. The summed E-state index contributed by atoms with van der Waals surface area (Å²) in [4.78, 5) is 33.4. The van der Waals surface area contributed by atoms with Crippen LogP contribution in [0.2, 0.25) is 0 Å². The van der Waals surface area contributed by atoms with Gasteiger partial charge in [0.05, 0.1) is 19.8 Å². The Kier molecular flexibility index (Phi) is 5.55. The van der Waals surface area contributed by atoms with Gasteiger partial charge in [-0.15, -0.1) is 0 Å². The molecule has 1 aliphatic heterocycles. The van der Waals surface area contributed by atoms with E-state index in [1.807, 2.05) is 48.9 Å². The molecule has 3 aromatic heterocycles. The maximum atomic E-state index is 13.4. The predicted octanol–water partition coefficient (Wildman–Crippen LogP) is 1.18. The second-order valence-corrected chi connectivity index (χ2v) is 8.24. The Balaban J connectivity index is 1.61. The number of aromatic nitrogens is 5. The van der Waals surface area contributed by atoms with E-state index in [0.29, 0.717) is 49.9 Å². The van der Waals surface area contributed by atoms with Crippen LogP contribution in [-0.4, -0.2) is 67.4 Å². The lowest BCUT2D eigenvalue weighted by Crippen LogP contribution is -2.44. The molecule has 0 bridgehead atoms. The lowest BCUT2D eigenvalue weighted by Gasteiger charge is -2.26. The Morgan fingerprint density at radius 3 is 2.52 bits per heavy atom. The maximum absolute atomic E-state index is 13.4. The fraction of sp³-hybridized carbons (Fsp3) is 0.435. The molecule has 0 N–H and O–H groups in total. The van der Waals surface area contributed by atoms with Crippen LogP contribution in [0.4, 0.5) is 0 Å². The SMILES string of the molecule is CCOc1ccc(-n2c(C)cn3c4c(=O)n(CCN5CCOCC5)c(=O)n(C)c4nc23)cc1. The summed E-state index contributed by atoms with van der Waals surface area (Å²) in [5.41, 5.74) is 1.93. The smallest absolute Gasteiger partial charge is 0.332 e. The highest BCUT2D eigenvalue weighted by Crippen LogP contribution is 2.22. The summed E-state index contributed by atoms with van der Waals surface area (Å²) >= 11 is 0. The number of benzene rings is 1. The van der Waals surface area contributed by atoms with E-state index in [1.54, 1.807) is 11.4 Å². The van der Waals surface area contributed by atoms with Crippen molar-refractivity contribution in [2.45, 2.75) is 20.4 Å². The van der Waals surface area contributed by atoms with Gasteiger partial charge in [-0.2, -0.15) is 4.98 Å². The fourth-order valence-electron chi connectivity index (χ4n) is 4.45. The molecular formula is C23H28N6O4. The van der Waals surface area contributed by atoms with Crippen LogP contribution in [0.3, 0.4) is 0 Å². The van der Waals surface area contributed by atoms with Gasteiger partial charge in [0.15, 0.2) is 11.2 Å². The third-order valence-corrected chi connectivity index (χ3v) is 6.18.